The number of hydrogen-bond donors (Lipinski definition) is 0. The molecular weight excluding hydrogens is 336 g/mol. The van der Waals surface area contributed by atoms with Crippen LogP contribution in [0.5, 0.6) is 11.5 Å². The summed E-state index contributed by atoms with van der Waals surface area (Å²) in [6.07, 6.45) is 0. The maximum Gasteiger partial charge on any atom is 0.150 e. The summed E-state index contributed by atoms with van der Waals surface area (Å²) >= 11 is 9.70. The quantitative estimate of drug-likeness (QED) is 0.573. The average Bonchev–Trinajstić information content (AvgIpc) is 2.40. The van der Waals surface area contributed by atoms with Gasteiger partial charge in [0.15, 0.2) is 0 Å². The number of alkyl halides is 1. The van der Waals surface area contributed by atoms with E-state index in [9.17, 15) is 0 Å². The molecule has 1 nitrogen and oxygen atoms in total. The third-order valence-corrected chi connectivity index (χ3v) is 4.18. The second-order valence-corrected chi connectivity index (χ2v) is 6.10. The van der Waals surface area contributed by atoms with Crippen LogP contribution in [0.4, 0.5) is 0 Å². The zero-order chi connectivity index (χ0) is 14.7. The third-order valence-electron chi connectivity index (χ3n) is 3.28. The molecule has 2 aromatic rings. The summed E-state index contributed by atoms with van der Waals surface area (Å²) in [7, 11) is 0. The molecule has 2 rings (SSSR count). The minimum atomic E-state index is 0.516. The first-order valence-corrected chi connectivity index (χ1v) is 8.14. The fraction of sp³-hybridized carbons (Fsp3) is 0.294. The van der Waals surface area contributed by atoms with Crippen molar-refractivity contribution in [2.24, 2.45) is 0 Å². The molecule has 0 atom stereocenters. The van der Waals surface area contributed by atoms with Crippen molar-refractivity contribution in [3.8, 4) is 11.5 Å². The lowest BCUT2D eigenvalue weighted by Crippen LogP contribution is -1.95. The molecule has 0 aromatic heterocycles. The van der Waals surface area contributed by atoms with Gasteiger partial charge in [0.1, 0.15) is 11.5 Å². The van der Waals surface area contributed by atoms with Crippen LogP contribution < -0.4 is 4.74 Å². The molecule has 106 valence electrons. The Kier molecular flexibility index (Phi) is 5.11. The molecule has 2 aromatic carbocycles. The van der Waals surface area contributed by atoms with Crippen molar-refractivity contribution < 1.29 is 4.74 Å². The van der Waals surface area contributed by atoms with Gasteiger partial charge >= 0.3 is 0 Å². The minimum absolute atomic E-state index is 0.516. The van der Waals surface area contributed by atoms with E-state index in [0.29, 0.717) is 16.3 Å². The van der Waals surface area contributed by atoms with Gasteiger partial charge in [0.2, 0.25) is 0 Å². The molecule has 0 aliphatic heterocycles. The zero-order valence-electron chi connectivity index (χ0n) is 11.9. The summed E-state index contributed by atoms with van der Waals surface area (Å²) in [5.41, 5.74) is 3.63. The highest BCUT2D eigenvalue weighted by atomic mass is 79.9. The van der Waals surface area contributed by atoms with Gasteiger partial charge in [-0.1, -0.05) is 59.6 Å². The molecule has 0 amide bonds. The summed E-state index contributed by atoms with van der Waals surface area (Å²) in [6.45, 7) is 6.50. The first kappa shape index (κ1) is 15.4. The van der Waals surface area contributed by atoms with E-state index in [0.717, 1.165) is 17.1 Å². The van der Waals surface area contributed by atoms with Gasteiger partial charge < -0.3 is 4.74 Å². The SMILES string of the molecule is Cc1cc(Oc2c(Cl)cccc2CBr)ccc1C(C)C. The minimum Gasteiger partial charge on any atom is -0.455 e. The molecule has 0 unspecified atom stereocenters. The highest BCUT2D eigenvalue weighted by Crippen LogP contribution is 2.35. The lowest BCUT2D eigenvalue weighted by Gasteiger charge is -2.14. The molecule has 0 saturated heterocycles. The van der Waals surface area contributed by atoms with Gasteiger partial charge in [0.25, 0.3) is 0 Å². The van der Waals surface area contributed by atoms with E-state index in [2.05, 4.69) is 48.8 Å². The van der Waals surface area contributed by atoms with E-state index in [1.807, 2.05) is 24.3 Å². The second kappa shape index (κ2) is 6.64. The summed E-state index contributed by atoms with van der Waals surface area (Å²) in [5.74, 6) is 2.06. The van der Waals surface area contributed by atoms with Crippen molar-refractivity contribution in [3.05, 3.63) is 58.1 Å². The fourth-order valence-corrected chi connectivity index (χ4v) is 2.92. The van der Waals surface area contributed by atoms with Crippen LogP contribution in [-0.4, -0.2) is 0 Å². The largest absolute Gasteiger partial charge is 0.455 e. The Hall–Kier alpha value is -0.990. The maximum absolute atomic E-state index is 6.23. The van der Waals surface area contributed by atoms with Crippen molar-refractivity contribution in [2.75, 3.05) is 0 Å². The number of hydrogen-bond acceptors (Lipinski definition) is 1. The Morgan fingerprint density at radius 2 is 1.95 bits per heavy atom. The normalized spacial score (nSPS) is 10.9. The summed E-state index contributed by atoms with van der Waals surface area (Å²) in [4.78, 5) is 0. The number of rotatable bonds is 4. The highest BCUT2D eigenvalue weighted by Gasteiger charge is 2.10. The van der Waals surface area contributed by atoms with Gasteiger partial charge in [-0.3, -0.25) is 0 Å². The summed E-state index contributed by atoms with van der Waals surface area (Å²) < 4.78 is 5.98. The van der Waals surface area contributed by atoms with Crippen molar-refractivity contribution in [1.82, 2.24) is 0 Å². The van der Waals surface area contributed by atoms with Gasteiger partial charge in [0, 0.05) is 10.9 Å². The van der Waals surface area contributed by atoms with Gasteiger partial charge in [-0.05, 0) is 42.2 Å². The molecule has 0 saturated carbocycles. The summed E-state index contributed by atoms with van der Waals surface area (Å²) in [5, 5.41) is 1.35. The van der Waals surface area contributed by atoms with Crippen LogP contribution >= 0.6 is 27.5 Å². The number of benzene rings is 2. The van der Waals surface area contributed by atoms with E-state index in [-0.39, 0.29) is 0 Å². The predicted octanol–water partition coefficient (Wildman–Crippen LogP) is 6.46. The molecule has 0 bridgehead atoms. The second-order valence-electron chi connectivity index (χ2n) is 5.14. The Morgan fingerprint density at radius 3 is 2.55 bits per heavy atom. The van der Waals surface area contributed by atoms with Crippen molar-refractivity contribution in [1.29, 1.82) is 0 Å². The van der Waals surface area contributed by atoms with E-state index in [1.54, 1.807) is 0 Å². The monoisotopic (exact) mass is 352 g/mol. The van der Waals surface area contributed by atoms with E-state index in [4.69, 9.17) is 16.3 Å². The molecule has 0 aliphatic rings. The van der Waals surface area contributed by atoms with Crippen LogP contribution in [0.2, 0.25) is 5.02 Å². The Labute approximate surface area is 134 Å². The van der Waals surface area contributed by atoms with Gasteiger partial charge in [-0.25, -0.2) is 0 Å². The molecule has 0 N–H and O–H groups in total. The van der Waals surface area contributed by atoms with Crippen LogP contribution in [0.1, 0.15) is 36.5 Å². The Balaban J connectivity index is 2.34. The standard InChI is InChI=1S/C17H18BrClO/c1-11(2)15-8-7-14(9-12(15)3)20-17-13(10-18)5-4-6-16(17)19/h4-9,11H,10H2,1-3H3. The van der Waals surface area contributed by atoms with Crippen LogP contribution in [0.15, 0.2) is 36.4 Å². The molecule has 0 radical (unpaired) electrons. The van der Waals surface area contributed by atoms with Crippen molar-refractivity contribution in [2.45, 2.75) is 32.0 Å². The fourth-order valence-electron chi connectivity index (χ4n) is 2.25. The number of halogens is 2. The zero-order valence-corrected chi connectivity index (χ0v) is 14.3. The number of para-hydroxylation sites is 1. The van der Waals surface area contributed by atoms with Crippen molar-refractivity contribution >= 4 is 27.5 Å². The van der Waals surface area contributed by atoms with E-state index >= 15 is 0 Å². The number of ether oxygens (including phenoxy) is 1. The van der Waals surface area contributed by atoms with Crippen molar-refractivity contribution in [3.63, 3.8) is 0 Å². The Morgan fingerprint density at radius 1 is 1.20 bits per heavy atom. The molecule has 3 heteroatoms. The average molecular weight is 354 g/mol. The lowest BCUT2D eigenvalue weighted by atomic mass is 9.98. The molecule has 20 heavy (non-hydrogen) atoms. The summed E-state index contributed by atoms with van der Waals surface area (Å²) in [6, 6.07) is 12.0. The van der Waals surface area contributed by atoms with Crippen LogP contribution in [0.3, 0.4) is 0 Å². The lowest BCUT2D eigenvalue weighted by molar-refractivity contribution is 0.478. The smallest absolute Gasteiger partial charge is 0.150 e. The molecule has 0 heterocycles. The van der Waals surface area contributed by atoms with Gasteiger partial charge in [-0.15, -0.1) is 0 Å². The topological polar surface area (TPSA) is 9.23 Å². The number of aryl methyl sites for hydroxylation is 1. The third kappa shape index (κ3) is 3.36. The molecule has 0 aliphatic carbocycles. The predicted molar refractivity (Wildman–Crippen MR) is 89.4 cm³/mol. The molecule has 0 spiro atoms. The Bertz CT molecular complexity index is 608. The first-order chi connectivity index (χ1) is 9.52. The van der Waals surface area contributed by atoms with E-state index < -0.39 is 0 Å². The van der Waals surface area contributed by atoms with Crippen LogP contribution in [0, 0.1) is 6.92 Å². The highest BCUT2D eigenvalue weighted by molar-refractivity contribution is 9.08. The first-order valence-electron chi connectivity index (χ1n) is 6.64. The molecule has 0 fully saturated rings. The molecular formula is C17H18BrClO. The van der Waals surface area contributed by atoms with Gasteiger partial charge in [-0.2, -0.15) is 0 Å². The van der Waals surface area contributed by atoms with Crippen LogP contribution in [-0.2, 0) is 5.33 Å². The van der Waals surface area contributed by atoms with E-state index in [1.165, 1.54) is 11.1 Å². The maximum atomic E-state index is 6.23. The van der Waals surface area contributed by atoms with Crippen LogP contribution in [0.25, 0.3) is 0 Å². The van der Waals surface area contributed by atoms with Gasteiger partial charge in [0.05, 0.1) is 5.02 Å².